The van der Waals surface area contributed by atoms with Gasteiger partial charge in [-0.05, 0) is 55.6 Å². The molecule has 0 amide bonds. The van der Waals surface area contributed by atoms with Gasteiger partial charge < -0.3 is 14.8 Å². The summed E-state index contributed by atoms with van der Waals surface area (Å²) in [5.74, 6) is 1.83. The van der Waals surface area contributed by atoms with E-state index in [1.165, 1.54) is 5.56 Å². The Morgan fingerprint density at radius 3 is 2.44 bits per heavy atom. The van der Waals surface area contributed by atoms with Crippen LogP contribution in [0.1, 0.15) is 25.8 Å². The van der Waals surface area contributed by atoms with E-state index in [1.54, 1.807) is 14.2 Å². The van der Waals surface area contributed by atoms with E-state index in [0.29, 0.717) is 0 Å². The molecule has 102 valence electrons. The highest BCUT2D eigenvalue weighted by Gasteiger charge is 2.17. The molecule has 0 aliphatic carbocycles. The van der Waals surface area contributed by atoms with Crippen molar-refractivity contribution in [2.45, 2.75) is 26.7 Å². The molecule has 0 saturated carbocycles. The molecule has 0 spiro atoms. The summed E-state index contributed by atoms with van der Waals surface area (Å²) in [5.41, 5.74) is 1.49. The zero-order valence-corrected chi connectivity index (χ0v) is 12.2. The minimum atomic E-state index is 0.281. The van der Waals surface area contributed by atoms with Crippen molar-refractivity contribution >= 4 is 0 Å². The van der Waals surface area contributed by atoms with Crippen molar-refractivity contribution in [3.63, 3.8) is 0 Å². The largest absolute Gasteiger partial charge is 0.497 e. The lowest BCUT2D eigenvalue weighted by Gasteiger charge is -2.24. The topological polar surface area (TPSA) is 30.5 Å². The Hall–Kier alpha value is -1.22. The monoisotopic (exact) mass is 251 g/mol. The molecule has 0 saturated heterocycles. The standard InChI is InChI=1S/C15H25NO2/c1-15(2,11-16-3)9-8-12-10-13(17-4)6-7-14(12)18-5/h6-7,10,16H,8-9,11H2,1-5H3. The molecule has 1 rings (SSSR count). The van der Waals surface area contributed by atoms with Crippen molar-refractivity contribution in [3.8, 4) is 11.5 Å². The summed E-state index contributed by atoms with van der Waals surface area (Å²) in [4.78, 5) is 0. The van der Waals surface area contributed by atoms with E-state index < -0.39 is 0 Å². The van der Waals surface area contributed by atoms with Crippen LogP contribution in [0.2, 0.25) is 0 Å². The molecule has 0 bridgehead atoms. The van der Waals surface area contributed by atoms with Gasteiger partial charge in [-0.15, -0.1) is 0 Å². The van der Waals surface area contributed by atoms with Gasteiger partial charge in [0.05, 0.1) is 14.2 Å². The molecule has 1 N–H and O–H groups in total. The summed E-state index contributed by atoms with van der Waals surface area (Å²) in [6.45, 7) is 5.56. The average molecular weight is 251 g/mol. The third-order valence-corrected chi connectivity index (χ3v) is 3.21. The third-order valence-electron chi connectivity index (χ3n) is 3.21. The van der Waals surface area contributed by atoms with Gasteiger partial charge in [0.25, 0.3) is 0 Å². The first-order valence-electron chi connectivity index (χ1n) is 6.38. The van der Waals surface area contributed by atoms with Crippen molar-refractivity contribution in [3.05, 3.63) is 23.8 Å². The molecule has 3 heteroatoms. The predicted molar refractivity (Wildman–Crippen MR) is 75.6 cm³/mol. The molecule has 0 fully saturated rings. The molecule has 0 aliphatic heterocycles. The van der Waals surface area contributed by atoms with Crippen LogP contribution in [0, 0.1) is 5.41 Å². The zero-order valence-electron chi connectivity index (χ0n) is 12.2. The van der Waals surface area contributed by atoms with Gasteiger partial charge in [-0.25, -0.2) is 0 Å². The van der Waals surface area contributed by atoms with Gasteiger partial charge in [0.2, 0.25) is 0 Å². The van der Waals surface area contributed by atoms with Crippen LogP contribution in [0.3, 0.4) is 0 Å². The van der Waals surface area contributed by atoms with E-state index >= 15 is 0 Å². The maximum atomic E-state index is 5.40. The smallest absolute Gasteiger partial charge is 0.122 e. The molecule has 1 aromatic rings. The maximum absolute atomic E-state index is 5.40. The summed E-state index contributed by atoms with van der Waals surface area (Å²) in [6, 6.07) is 5.97. The minimum Gasteiger partial charge on any atom is -0.497 e. The number of hydrogen-bond donors (Lipinski definition) is 1. The Kier molecular flexibility index (Phi) is 5.48. The second kappa shape index (κ2) is 6.64. The Labute approximate surface area is 110 Å². The molecule has 0 radical (unpaired) electrons. The number of aryl methyl sites for hydroxylation is 1. The van der Waals surface area contributed by atoms with Crippen molar-refractivity contribution in [2.24, 2.45) is 5.41 Å². The quantitative estimate of drug-likeness (QED) is 0.808. The van der Waals surface area contributed by atoms with Crippen LogP contribution in [-0.4, -0.2) is 27.8 Å². The van der Waals surface area contributed by atoms with Gasteiger partial charge in [-0.3, -0.25) is 0 Å². The normalized spacial score (nSPS) is 11.4. The number of nitrogens with one attached hydrogen (secondary N) is 1. The van der Waals surface area contributed by atoms with Gasteiger partial charge in [0.15, 0.2) is 0 Å². The molecule has 0 unspecified atom stereocenters. The molecule has 1 aromatic carbocycles. The highest BCUT2D eigenvalue weighted by molar-refractivity contribution is 5.40. The van der Waals surface area contributed by atoms with Crippen LogP contribution < -0.4 is 14.8 Å². The fourth-order valence-corrected chi connectivity index (χ4v) is 2.12. The number of benzene rings is 1. The van der Waals surface area contributed by atoms with Crippen molar-refractivity contribution in [2.75, 3.05) is 27.8 Å². The SMILES string of the molecule is CNCC(C)(C)CCc1cc(OC)ccc1OC. The lowest BCUT2D eigenvalue weighted by atomic mass is 9.86. The zero-order chi connectivity index (χ0) is 13.6. The van der Waals surface area contributed by atoms with Crippen molar-refractivity contribution < 1.29 is 9.47 Å². The number of ether oxygens (including phenoxy) is 2. The number of methoxy groups -OCH3 is 2. The van der Waals surface area contributed by atoms with Gasteiger partial charge in [-0.2, -0.15) is 0 Å². The molecule has 0 atom stereocenters. The summed E-state index contributed by atoms with van der Waals surface area (Å²) < 4.78 is 10.7. The predicted octanol–water partition coefficient (Wildman–Crippen LogP) is 2.88. The van der Waals surface area contributed by atoms with Crippen LogP contribution in [0.5, 0.6) is 11.5 Å². The van der Waals surface area contributed by atoms with E-state index in [2.05, 4.69) is 25.2 Å². The second-order valence-electron chi connectivity index (χ2n) is 5.37. The van der Waals surface area contributed by atoms with E-state index in [4.69, 9.17) is 9.47 Å². The summed E-state index contributed by atoms with van der Waals surface area (Å²) >= 11 is 0. The van der Waals surface area contributed by atoms with Crippen molar-refractivity contribution in [1.29, 1.82) is 0 Å². The molecule has 0 heterocycles. The summed E-state index contributed by atoms with van der Waals surface area (Å²) in [5, 5.41) is 3.24. The van der Waals surface area contributed by atoms with Gasteiger partial charge >= 0.3 is 0 Å². The van der Waals surface area contributed by atoms with Crippen LogP contribution in [0.4, 0.5) is 0 Å². The molecule has 18 heavy (non-hydrogen) atoms. The van der Waals surface area contributed by atoms with Crippen LogP contribution in [0.15, 0.2) is 18.2 Å². The number of hydrogen-bond acceptors (Lipinski definition) is 3. The molecule has 0 aliphatic rings. The molecule has 0 aromatic heterocycles. The highest BCUT2D eigenvalue weighted by Crippen LogP contribution is 2.29. The summed E-state index contributed by atoms with van der Waals surface area (Å²) in [6.07, 6.45) is 2.10. The van der Waals surface area contributed by atoms with Crippen LogP contribution in [-0.2, 0) is 6.42 Å². The Bertz CT molecular complexity index is 375. The van der Waals surface area contributed by atoms with E-state index in [0.717, 1.165) is 30.9 Å². The fourth-order valence-electron chi connectivity index (χ4n) is 2.12. The second-order valence-corrected chi connectivity index (χ2v) is 5.37. The first kappa shape index (κ1) is 14.8. The third kappa shape index (κ3) is 4.22. The number of rotatable bonds is 7. The molecular formula is C15H25NO2. The van der Waals surface area contributed by atoms with Gasteiger partial charge in [-0.1, -0.05) is 13.8 Å². The Balaban J connectivity index is 2.76. The van der Waals surface area contributed by atoms with E-state index in [1.807, 2.05) is 19.2 Å². The maximum Gasteiger partial charge on any atom is 0.122 e. The van der Waals surface area contributed by atoms with Gasteiger partial charge in [0, 0.05) is 0 Å². The highest BCUT2D eigenvalue weighted by atomic mass is 16.5. The Morgan fingerprint density at radius 1 is 1.17 bits per heavy atom. The van der Waals surface area contributed by atoms with Crippen LogP contribution in [0.25, 0.3) is 0 Å². The first-order chi connectivity index (χ1) is 8.52. The summed E-state index contributed by atoms with van der Waals surface area (Å²) in [7, 11) is 5.40. The van der Waals surface area contributed by atoms with E-state index in [-0.39, 0.29) is 5.41 Å². The van der Waals surface area contributed by atoms with Crippen LogP contribution >= 0.6 is 0 Å². The minimum absolute atomic E-state index is 0.281. The molecular weight excluding hydrogens is 226 g/mol. The lowest BCUT2D eigenvalue weighted by Crippen LogP contribution is -2.27. The first-order valence-corrected chi connectivity index (χ1v) is 6.38. The molecule has 3 nitrogen and oxygen atoms in total. The lowest BCUT2D eigenvalue weighted by molar-refractivity contribution is 0.321. The van der Waals surface area contributed by atoms with E-state index in [9.17, 15) is 0 Å². The fraction of sp³-hybridized carbons (Fsp3) is 0.600. The van der Waals surface area contributed by atoms with Crippen molar-refractivity contribution in [1.82, 2.24) is 5.32 Å². The average Bonchev–Trinajstić information content (AvgIpc) is 2.36. The Morgan fingerprint density at radius 2 is 1.89 bits per heavy atom. The van der Waals surface area contributed by atoms with Gasteiger partial charge in [0.1, 0.15) is 11.5 Å².